The SMILES string of the molecule is CCSc1nc2ncc3c(n2n1)CCCC3=O. The van der Waals surface area contributed by atoms with Gasteiger partial charge in [-0.1, -0.05) is 18.7 Å². The van der Waals surface area contributed by atoms with Crippen LogP contribution >= 0.6 is 11.8 Å². The van der Waals surface area contributed by atoms with E-state index in [0.717, 1.165) is 29.4 Å². The monoisotopic (exact) mass is 248 g/mol. The summed E-state index contributed by atoms with van der Waals surface area (Å²) in [5, 5.41) is 5.13. The van der Waals surface area contributed by atoms with Crippen molar-refractivity contribution < 1.29 is 4.79 Å². The lowest BCUT2D eigenvalue weighted by molar-refractivity contribution is 0.0970. The van der Waals surface area contributed by atoms with Gasteiger partial charge in [0.1, 0.15) is 0 Å². The predicted octanol–water partition coefficient (Wildman–Crippen LogP) is 1.76. The standard InChI is InChI=1S/C11H12N4OS/c1-2-17-11-13-10-12-6-7-8(15(10)14-11)4-3-5-9(7)16/h6H,2-5H2,1H3. The zero-order valence-corrected chi connectivity index (χ0v) is 10.3. The molecule has 0 aromatic carbocycles. The minimum atomic E-state index is 0.167. The van der Waals surface area contributed by atoms with E-state index < -0.39 is 0 Å². The third-order valence-corrected chi connectivity index (χ3v) is 3.56. The van der Waals surface area contributed by atoms with Gasteiger partial charge in [0, 0.05) is 12.6 Å². The minimum absolute atomic E-state index is 0.167. The van der Waals surface area contributed by atoms with Crippen LogP contribution in [-0.2, 0) is 6.42 Å². The van der Waals surface area contributed by atoms with Crippen LogP contribution in [0.2, 0.25) is 0 Å². The van der Waals surface area contributed by atoms with Gasteiger partial charge in [-0.15, -0.1) is 5.10 Å². The summed E-state index contributed by atoms with van der Waals surface area (Å²) in [4.78, 5) is 20.3. The summed E-state index contributed by atoms with van der Waals surface area (Å²) in [5.74, 6) is 1.69. The van der Waals surface area contributed by atoms with Crippen molar-refractivity contribution in [1.29, 1.82) is 0 Å². The van der Waals surface area contributed by atoms with E-state index in [0.29, 0.717) is 17.8 Å². The lowest BCUT2D eigenvalue weighted by Gasteiger charge is -2.13. The fourth-order valence-electron chi connectivity index (χ4n) is 2.08. The summed E-state index contributed by atoms with van der Waals surface area (Å²) >= 11 is 1.58. The number of aromatic nitrogens is 4. The molecule has 88 valence electrons. The number of hydrogen-bond acceptors (Lipinski definition) is 5. The zero-order chi connectivity index (χ0) is 11.8. The first-order valence-electron chi connectivity index (χ1n) is 5.70. The normalized spacial score (nSPS) is 15.2. The summed E-state index contributed by atoms with van der Waals surface area (Å²) in [6.45, 7) is 2.06. The highest BCUT2D eigenvalue weighted by molar-refractivity contribution is 7.99. The van der Waals surface area contributed by atoms with E-state index in [1.807, 2.05) is 0 Å². The maximum Gasteiger partial charge on any atom is 0.253 e. The number of fused-ring (bicyclic) bond motifs is 3. The third-order valence-electron chi connectivity index (χ3n) is 2.84. The molecule has 2 heterocycles. The molecule has 0 aliphatic heterocycles. The van der Waals surface area contributed by atoms with Crippen LogP contribution in [0.25, 0.3) is 5.78 Å². The third kappa shape index (κ3) is 1.72. The Morgan fingerprint density at radius 1 is 1.47 bits per heavy atom. The van der Waals surface area contributed by atoms with E-state index in [-0.39, 0.29) is 5.78 Å². The van der Waals surface area contributed by atoms with Crippen LogP contribution in [0.3, 0.4) is 0 Å². The van der Waals surface area contributed by atoms with Crippen LogP contribution in [0.4, 0.5) is 0 Å². The molecule has 17 heavy (non-hydrogen) atoms. The topological polar surface area (TPSA) is 60.1 Å². The van der Waals surface area contributed by atoms with Crippen molar-refractivity contribution in [2.75, 3.05) is 5.75 Å². The molecule has 0 atom stereocenters. The van der Waals surface area contributed by atoms with Gasteiger partial charge in [0.25, 0.3) is 5.78 Å². The molecule has 0 N–H and O–H groups in total. The number of aryl methyl sites for hydroxylation is 1. The molecule has 6 heteroatoms. The van der Waals surface area contributed by atoms with Crippen molar-refractivity contribution in [2.45, 2.75) is 31.3 Å². The van der Waals surface area contributed by atoms with Crippen molar-refractivity contribution in [2.24, 2.45) is 0 Å². The van der Waals surface area contributed by atoms with Crippen LogP contribution in [0, 0.1) is 0 Å². The molecule has 1 aliphatic carbocycles. The fraction of sp³-hybridized carbons (Fsp3) is 0.455. The smallest absolute Gasteiger partial charge is 0.253 e. The molecule has 3 rings (SSSR count). The van der Waals surface area contributed by atoms with Gasteiger partial charge >= 0.3 is 0 Å². The number of nitrogens with zero attached hydrogens (tertiary/aromatic N) is 4. The Balaban J connectivity index is 2.19. The molecule has 2 aromatic rings. The van der Waals surface area contributed by atoms with E-state index in [4.69, 9.17) is 0 Å². The minimum Gasteiger partial charge on any atom is -0.294 e. The first-order valence-corrected chi connectivity index (χ1v) is 6.69. The molecular weight excluding hydrogens is 236 g/mol. The number of carbonyl (C=O) groups excluding carboxylic acids is 1. The molecule has 0 saturated heterocycles. The second-order valence-corrected chi connectivity index (χ2v) is 5.17. The second kappa shape index (κ2) is 4.10. The molecule has 2 aromatic heterocycles. The van der Waals surface area contributed by atoms with Crippen LogP contribution in [-0.4, -0.2) is 31.1 Å². The zero-order valence-electron chi connectivity index (χ0n) is 9.51. The summed E-state index contributed by atoms with van der Waals surface area (Å²) in [5.41, 5.74) is 1.67. The number of rotatable bonds is 2. The Morgan fingerprint density at radius 2 is 2.35 bits per heavy atom. The van der Waals surface area contributed by atoms with Crippen LogP contribution < -0.4 is 0 Å². The second-order valence-electron chi connectivity index (χ2n) is 3.93. The average Bonchev–Trinajstić information content (AvgIpc) is 2.73. The summed E-state index contributed by atoms with van der Waals surface area (Å²) in [6, 6.07) is 0. The van der Waals surface area contributed by atoms with Crippen molar-refractivity contribution >= 4 is 23.3 Å². The highest BCUT2D eigenvalue weighted by Crippen LogP contribution is 2.22. The Bertz CT molecular complexity index is 592. The van der Waals surface area contributed by atoms with E-state index >= 15 is 0 Å². The number of hydrogen-bond donors (Lipinski definition) is 0. The van der Waals surface area contributed by atoms with Crippen LogP contribution in [0.5, 0.6) is 0 Å². The molecular formula is C11H12N4OS. The van der Waals surface area contributed by atoms with Crippen molar-refractivity contribution in [3.05, 3.63) is 17.5 Å². The Kier molecular flexibility index (Phi) is 2.58. The maximum atomic E-state index is 11.8. The van der Waals surface area contributed by atoms with E-state index in [1.165, 1.54) is 0 Å². The average molecular weight is 248 g/mol. The highest BCUT2D eigenvalue weighted by atomic mass is 32.2. The van der Waals surface area contributed by atoms with E-state index in [1.54, 1.807) is 22.5 Å². The van der Waals surface area contributed by atoms with Gasteiger partial charge in [0.2, 0.25) is 5.16 Å². The van der Waals surface area contributed by atoms with Gasteiger partial charge in [-0.2, -0.15) is 9.50 Å². The summed E-state index contributed by atoms with van der Waals surface area (Å²) in [6.07, 6.45) is 4.02. The lowest BCUT2D eigenvalue weighted by atomic mass is 9.96. The van der Waals surface area contributed by atoms with Crippen LogP contribution in [0.1, 0.15) is 35.8 Å². The van der Waals surface area contributed by atoms with E-state index in [9.17, 15) is 4.79 Å². The Labute approximate surface area is 103 Å². The summed E-state index contributed by atoms with van der Waals surface area (Å²) in [7, 11) is 0. The number of ketones is 1. The molecule has 0 saturated carbocycles. The molecule has 5 nitrogen and oxygen atoms in total. The molecule has 0 spiro atoms. The molecule has 0 unspecified atom stereocenters. The van der Waals surface area contributed by atoms with Gasteiger partial charge in [0.15, 0.2) is 5.78 Å². The number of Topliss-reactive ketones (excluding diaryl/α,β-unsaturated/α-hetero) is 1. The van der Waals surface area contributed by atoms with Gasteiger partial charge in [-0.05, 0) is 18.6 Å². The van der Waals surface area contributed by atoms with Crippen molar-refractivity contribution in [1.82, 2.24) is 19.6 Å². The van der Waals surface area contributed by atoms with Crippen molar-refractivity contribution in [3.8, 4) is 0 Å². The van der Waals surface area contributed by atoms with Crippen LogP contribution in [0.15, 0.2) is 11.4 Å². The van der Waals surface area contributed by atoms with E-state index in [2.05, 4.69) is 22.0 Å². The summed E-state index contributed by atoms with van der Waals surface area (Å²) < 4.78 is 1.73. The quantitative estimate of drug-likeness (QED) is 0.758. The first-order chi connectivity index (χ1) is 8.29. The number of thioether (sulfide) groups is 1. The first kappa shape index (κ1) is 10.7. The number of carbonyl (C=O) groups is 1. The predicted molar refractivity (Wildman–Crippen MR) is 64.4 cm³/mol. The molecule has 0 bridgehead atoms. The van der Waals surface area contributed by atoms with Gasteiger partial charge in [-0.25, -0.2) is 4.98 Å². The molecule has 0 fully saturated rings. The maximum absolute atomic E-state index is 11.8. The van der Waals surface area contributed by atoms with Gasteiger partial charge < -0.3 is 0 Å². The molecule has 0 radical (unpaired) electrons. The Morgan fingerprint density at radius 3 is 3.18 bits per heavy atom. The molecule has 0 amide bonds. The molecule has 1 aliphatic rings. The van der Waals surface area contributed by atoms with Gasteiger partial charge in [0.05, 0.1) is 11.3 Å². The van der Waals surface area contributed by atoms with Crippen molar-refractivity contribution in [3.63, 3.8) is 0 Å². The largest absolute Gasteiger partial charge is 0.294 e. The fourth-order valence-corrected chi connectivity index (χ4v) is 2.62. The van der Waals surface area contributed by atoms with Gasteiger partial charge in [-0.3, -0.25) is 4.79 Å². The lowest BCUT2D eigenvalue weighted by Crippen LogP contribution is -2.16. The Hall–Kier alpha value is -1.43. The highest BCUT2D eigenvalue weighted by Gasteiger charge is 2.21.